The van der Waals surface area contributed by atoms with Gasteiger partial charge in [0, 0.05) is 37.8 Å². The zero-order chi connectivity index (χ0) is 15.3. The van der Waals surface area contributed by atoms with Gasteiger partial charge in [-0.1, -0.05) is 22.9 Å². The highest BCUT2D eigenvalue weighted by molar-refractivity contribution is 7.22. The fourth-order valence-electron chi connectivity index (χ4n) is 2.63. The van der Waals surface area contributed by atoms with Gasteiger partial charge >= 0.3 is 0 Å². The largest absolute Gasteiger partial charge is 0.347 e. The number of hydrogen-bond acceptors (Lipinski definition) is 4. The van der Waals surface area contributed by atoms with E-state index in [9.17, 15) is 8.78 Å². The van der Waals surface area contributed by atoms with Gasteiger partial charge in [-0.3, -0.25) is 4.68 Å². The van der Waals surface area contributed by atoms with Crippen molar-refractivity contribution in [1.82, 2.24) is 14.8 Å². The third-order valence-corrected chi connectivity index (χ3v) is 4.93. The quantitative estimate of drug-likeness (QED) is 0.731. The number of nitrogens with zero attached hydrogens (tertiary/aromatic N) is 4. The van der Waals surface area contributed by atoms with E-state index in [1.165, 1.54) is 17.4 Å². The molecule has 0 aliphatic carbocycles. The highest BCUT2D eigenvalue weighted by Crippen LogP contribution is 2.34. The second-order valence-electron chi connectivity index (χ2n) is 5.38. The third-order valence-electron chi connectivity index (χ3n) is 3.68. The molecule has 1 aliphatic heterocycles. The Labute approximate surface area is 133 Å². The lowest BCUT2D eigenvalue weighted by atomic mass is 10.0. The molecule has 8 heteroatoms. The van der Waals surface area contributed by atoms with Crippen molar-refractivity contribution in [2.45, 2.75) is 6.54 Å². The summed E-state index contributed by atoms with van der Waals surface area (Å²) in [7, 11) is 0. The Kier molecular flexibility index (Phi) is 3.27. The van der Waals surface area contributed by atoms with E-state index in [4.69, 9.17) is 11.6 Å². The molecular weight excluding hydrogens is 330 g/mol. The minimum atomic E-state index is -0.610. The van der Waals surface area contributed by atoms with Crippen LogP contribution in [0, 0.1) is 17.6 Å². The summed E-state index contributed by atoms with van der Waals surface area (Å²) in [4.78, 5) is 6.35. The van der Waals surface area contributed by atoms with Gasteiger partial charge in [-0.05, 0) is 6.07 Å². The first kappa shape index (κ1) is 13.9. The molecule has 1 saturated heterocycles. The molecule has 4 rings (SSSR count). The van der Waals surface area contributed by atoms with Crippen LogP contribution in [0.1, 0.15) is 0 Å². The minimum Gasteiger partial charge on any atom is -0.347 e. The molecule has 3 heterocycles. The monoisotopic (exact) mass is 340 g/mol. The lowest BCUT2D eigenvalue weighted by molar-refractivity contribution is 0.342. The zero-order valence-corrected chi connectivity index (χ0v) is 12.9. The smallest absolute Gasteiger partial charge is 0.186 e. The maximum Gasteiger partial charge on any atom is 0.186 e. The molecule has 3 aromatic rings. The van der Waals surface area contributed by atoms with Crippen molar-refractivity contribution in [3.05, 3.63) is 41.2 Å². The summed E-state index contributed by atoms with van der Waals surface area (Å²) in [5, 5.41) is 5.51. The molecule has 0 spiro atoms. The van der Waals surface area contributed by atoms with Crippen LogP contribution in [0.25, 0.3) is 10.2 Å². The summed E-state index contributed by atoms with van der Waals surface area (Å²) in [6.07, 6.45) is 3.41. The fraction of sp³-hybridized carbons (Fsp3) is 0.286. The fourth-order valence-corrected chi connectivity index (χ4v) is 3.80. The third kappa shape index (κ3) is 2.44. The maximum absolute atomic E-state index is 13.7. The first-order valence-electron chi connectivity index (χ1n) is 6.77. The molecule has 0 radical (unpaired) electrons. The summed E-state index contributed by atoms with van der Waals surface area (Å²) in [5.41, 5.74) is 0.240. The number of hydrogen-bond donors (Lipinski definition) is 0. The summed E-state index contributed by atoms with van der Waals surface area (Å²) >= 11 is 7.15. The number of aromatic nitrogens is 3. The molecule has 4 nitrogen and oxygen atoms in total. The van der Waals surface area contributed by atoms with Crippen LogP contribution in [-0.2, 0) is 6.54 Å². The van der Waals surface area contributed by atoms with Gasteiger partial charge in [0.2, 0.25) is 0 Å². The van der Waals surface area contributed by atoms with Gasteiger partial charge in [0.15, 0.2) is 10.9 Å². The van der Waals surface area contributed by atoms with Crippen LogP contribution in [0.4, 0.5) is 13.9 Å². The van der Waals surface area contributed by atoms with Gasteiger partial charge in [-0.25, -0.2) is 13.8 Å². The van der Waals surface area contributed by atoms with Crippen LogP contribution in [0.5, 0.6) is 0 Å². The van der Waals surface area contributed by atoms with Crippen LogP contribution in [-0.4, -0.2) is 27.9 Å². The Balaban J connectivity index is 1.47. The average molecular weight is 341 g/mol. The lowest BCUT2D eigenvalue weighted by Gasteiger charge is -2.39. The van der Waals surface area contributed by atoms with Crippen LogP contribution < -0.4 is 4.90 Å². The Morgan fingerprint density at radius 2 is 2.14 bits per heavy atom. The van der Waals surface area contributed by atoms with E-state index in [0.717, 1.165) is 30.8 Å². The van der Waals surface area contributed by atoms with Gasteiger partial charge < -0.3 is 4.90 Å². The van der Waals surface area contributed by atoms with E-state index < -0.39 is 11.6 Å². The molecule has 0 atom stereocenters. The Bertz CT molecular complexity index is 841. The average Bonchev–Trinajstić information content (AvgIpc) is 2.99. The molecule has 0 bridgehead atoms. The first-order valence-corrected chi connectivity index (χ1v) is 7.96. The van der Waals surface area contributed by atoms with E-state index >= 15 is 0 Å². The van der Waals surface area contributed by atoms with Crippen LogP contribution >= 0.6 is 22.9 Å². The molecule has 2 aromatic heterocycles. The van der Waals surface area contributed by atoms with Crippen LogP contribution in [0.3, 0.4) is 0 Å². The molecule has 114 valence electrons. The predicted molar refractivity (Wildman–Crippen MR) is 82.5 cm³/mol. The molecule has 0 amide bonds. The van der Waals surface area contributed by atoms with Gasteiger partial charge in [0.25, 0.3) is 0 Å². The molecule has 0 N–H and O–H groups in total. The van der Waals surface area contributed by atoms with Crippen LogP contribution in [0.2, 0.25) is 5.02 Å². The topological polar surface area (TPSA) is 34.0 Å². The molecular formula is C14H11ClF2N4S. The van der Waals surface area contributed by atoms with E-state index in [1.807, 2.05) is 4.68 Å². The number of rotatable bonds is 3. The number of halogens is 3. The normalized spacial score (nSPS) is 15.5. The van der Waals surface area contributed by atoms with Crippen LogP contribution in [0.15, 0.2) is 24.5 Å². The summed E-state index contributed by atoms with van der Waals surface area (Å²) < 4.78 is 29.2. The number of benzene rings is 1. The number of thiazole rings is 1. The Morgan fingerprint density at radius 3 is 2.86 bits per heavy atom. The Hall–Kier alpha value is -1.73. The highest BCUT2D eigenvalue weighted by Gasteiger charge is 2.30. The van der Waals surface area contributed by atoms with Gasteiger partial charge in [-0.15, -0.1) is 0 Å². The molecule has 0 unspecified atom stereocenters. The van der Waals surface area contributed by atoms with Crippen molar-refractivity contribution in [2.75, 3.05) is 18.0 Å². The molecule has 0 saturated carbocycles. The van der Waals surface area contributed by atoms with Gasteiger partial charge in [0.1, 0.15) is 11.3 Å². The summed E-state index contributed by atoms with van der Waals surface area (Å²) in [5.74, 6) is -0.734. The minimum absolute atomic E-state index is 0.240. The highest BCUT2D eigenvalue weighted by atomic mass is 35.5. The second kappa shape index (κ2) is 5.17. The van der Waals surface area contributed by atoms with Gasteiger partial charge in [-0.2, -0.15) is 5.10 Å². The Morgan fingerprint density at radius 1 is 1.32 bits per heavy atom. The molecule has 1 aliphatic rings. The maximum atomic E-state index is 13.7. The van der Waals surface area contributed by atoms with Crippen molar-refractivity contribution < 1.29 is 8.78 Å². The van der Waals surface area contributed by atoms with Crippen molar-refractivity contribution in [1.29, 1.82) is 0 Å². The van der Waals surface area contributed by atoms with Crippen molar-refractivity contribution in [3.63, 3.8) is 0 Å². The second-order valence-corrected chi connectivity index (χ2v) is 6.83. The standard InChI is InChI=1S/C14H11ClF2N4S/c15-9-3-18-21(7-9)6-8-4-20(5-8)14-19-13-11(17)1-10(16)2-12(13)22-14/h1-3,7-8H,4-6H2. The number of fused-ring (bicyclic) bond motifs is 1. The zero-order valence-electron chi connectivity index (χ0n) is 11.3. The van der Waals surface area contributed by atoms with E-state index in [2.05, 4.69) is 15.0 Å². The van der Waals surface area contributed by atoms with E-state index in [1.54, 1.807) is 12.4 Å². The lowest BCUT2D eigenvalue weighted by Crippen LogP contribution is -2.48. The van der Waals surface area contributed by atoms with Gasteiger partial charge in [0.05, 0.1) is 15.9 Å². The summed E-state index contributed by atoms with van der Waals surface area (Å²) in [6.45, 7) is 2.43. The van der Waals surface area contributed by atoms with Crippen molar-refractivity contribution >= 4 is 38.3 Å². The van der Waals surface area contributed by atoms with E-state index in [0.29, 0.717) is 15.6 Å². The first-order chi connectivity index (χ1) is 10.6. The molecule has 1 aromatic carbocycles. The van der Waals surface area contributed by atoms with E-state index in [-0.39, 0.29) is 5.52 Å². The number of anilines is 1. The SMILES string of the molecule is Fc1cc(F)c2nc(N3CC(Cn4cc(Cl)cn4)C3)sc2c1. The van der Waals surface area contributed by atoms with Crippen molar-refractivity contribution in [2.24, 2.45) is 5.92 Å². The molecule has 22 heavy (non-hydrogen) atoms. The van der Waals surface area contributed by atoms with Crippen molar-refractivity contribution in [3.8, 4) is 0 Å². The molecule has 1 fully saturated rings. The summed E-state index contributed by atoms with van der Waals surface area (Å²) in [6, 6.07) is 2.19. The predicted octanol–water partition coefficient (Wildman–Crippen LogP) is 3.56.